The van der Waals surface area contributed by atoms with Crippen LogP contribution in [0.25, 0.3) is 10.9 Å². The summed E-state index contributed by atoms with van der Waals surface area (Å²) in [5.41, 5.74) is 1.74. The molecule has 0 spiro atoms. The molecule has 1 N–H and O–H groups in total. The van der Waals surface area contributed by atoms with Crippen LogP contribution in [0.3, 0.4) is 0 Å². The monoisotopic (exact) mass is 304 g/mol. The lowest BCUT2D eigenvalue weighted by molar-refractivity contribution is -0.139. The van der Waals surface area contributed by atoms with Crippen LogP contribution >= 0.6 is 11.8 Å². The van der Waals surface area contributed by atoms with E-state index in [1.54, 1.807) is 18.8 Å². The van der Waals surface area contributed by atoms with Crippen LogP contribution in [-0.4, -0.2) is 46.1 Å². The van der Waals surface area contributed by atoms with Crippen LogP contribution < -0.4 is 0 Å². The van der Waals surface area contributed by atoms with Crippen LogP contribution in [-0.2, 0) is 11.3 Å². The Morgan fingerprint density at radius 1 is 1.33 bits per heavy atom. The Morgan fingerprint density at radius 2 is 2.10 bits per heavy atom. The Labute approximate surface area is 129 Å². The minimum Gasteiger partial charge on any atom is -0.383 e. The summed E-state index contributed by atoms with van der Waals surface area (Å²) in [5, 5.41) is 10.9. The molecule has 112 valence electrons. The highest BCUT2D eigenvalue weighted by Gasteiger charge is 2.19. The molecule has 1 unspecified atom stereocenters. The quantitative estimate of drug-likeness (QED) is 0.890. The number of pyridine rings is 1. The molecular formula is C16H20N2O2S. The van der Waals surface area contributed by atoms with Gasteiger partial charge in [-0.3, -0.25) is 9.78 Å². The third-order valence-electron chi connectivity index (χ3n) is 3.31. The number of aliphatic hydroxyl groups is 1. The number of para-hydroxylation sites is 1. The third kappa shape index (κ3) is 4.19. The summed E-state index contributed by atoms with van der Waals surface area (Å²) in [6.07, 6.45) is 1.51. The number of carbonyl (C=O) groups excluding carboxylic acids is 1. The topological polar surface area (TPSA) is 53.4 Å². The highest BCUT2D eigenvalue weighted by Crippen LogP contribution is 2.13. The van der Waals surface area contributed by atoms with Crippen LogP contribution in [0, 0.1) is 0 Å². The van der Waals surface area contributed by atoms with Gasteiger partial charge in [-0.15, -0.1) is 0 Å². The first kappa shape index (κ1) is 15.8. The molecule has 0 fully saturated rings. The largest absolute Gasteiger partial charge is 0.383 e. The summed E-state index contributed by atoms with van der Waals surface area (Å²) in [7, 11) is 1.70. The maximum absolute atomic E-state index is 12.1. The number of carbonyl (C=O) groups is 1. The minimum absolute atomic E-state index is 0.251. The molecule has 2 rings (SSSR count). The summed E-state index contributed by atoms with van der Waals surface area (Å²) >= 11 is 1.62. The first-order chi connectivity index (χ1) is 10.1. The van der Waals surface area contributed by atoms with Gasteiger partial charge in [0.25, 0.3) is 5.91 Å². The number of fused-ring (bicyclic) bond motifs is 1. The van der Waals surface area contributed by atoms with E-state index in [0.717, 1.165) is 22.3 Å². The van der Waals surface area contributed by atoms with Crippen molar-refractivity contribution in [2.45, 2.75) is 19.1 Å². The van der Waals surface area contributed by atoms with Gasteiger partial charge in [0, 0.05) is 12.4 Å². The first-order valence-electron chi connectivity index (χ1n) is 6.88. The second-order valence-electron chi connectivity index (χ2n) is 4.99. The Morgan fingerprint density at radius 3 is 2.86 bits per heavy atom. The molecule has 1 amide bonds. The number of hydrogen-bond donors (Lipinski definition) is 1. The van der Waals surface area contributed by atoms with Gasteiger partial charge in [-0.05, 0) is 30.6 Å². The fourth-order valence-corrected chi connectivity index (χ4v) is 2.58. The molecule has 1 atom stereocenters. The van der Waals surface area contributed by atoms with E-state index in [9.17, 15) is 9.90 Å². The van der Waals surface area contributed by atoms with Crippen LogP contribution in [0.5, 0.6) is 0 Å². The average molecular weight is 304 g/mol. The normalized spacial score (nSPS) is 12.3. The van der Waals surface area contributed by atoms with Gasteiger partial charge in [0.15, 0.2) is 0 Å². The number of likely N-dealkylation sites (N-methyl/N-ethyl adjacent to an activating group) is 1. The van der Waals surface area contributed by atoms with E-state index in [-0.39, 0.29) is 5.91 Å². The number of thioether (sulfide) groups is 1. The van der Waals surface area contributed by atoms with Crippen LogP contribution in [0.15, 0.2) is 36.4 Å². The van der Waals surface area contributed by atoms with Gasteiger partial charge in [-0.1, -0.05) is 24.3 Å². The Hall–Kier alpha value is -1.59. The summed E-state index contributed by atoms with van der Waals surface area (Å²) in [6.45, 7) is 0.403. The SMILES string of the molecule is CSCCC(O)C(=O)N(C)Cc1ccc2ccccc2n1. The van der Waals surface area contributed by atoms with E-state index in [1.807, 2.05) is 42.7 Å². The van der Waals surface area contributed by atoms with Gasteiger partial charge in [0.1, 0.15) is 6.10 Å². The zero-order chi connectivity index (χ0) is 15.2. The molecule has 0 aliphatic heterocycles. The van der Waals surface area contributed by atoms with Gasteiger partial charge in [-0.25, -0.2) is 0 Å². The van der Waals surface area contributed by atoms with E-state index in [1.165, 1.54) is 4.90 Å². The van der Waals surface area contributed by atoms with Gasteiger partial charge in [-0.2, -0.15) is 11.8 Å². The Bertz CT molecular complexity index is 618. The van der Waals surface area contributed by atoms with Crippen molar-refractivity contribution >= 4 is 28.6 Å². The molecule has 1 aromatic heterocycles. The van der Waals surface area contributed by atoms with Crippen molar-refractivity contribution in [2.75, 3.05) is 19.1 Å². The van der Waals surface area contributed by atoms with Crippen molar-refractivity contribution in [1.82, 2.24) is 9.88 Å². The molecule has 0 radical (unpaired) electrons. The van der Waals surface area contributed by atoms with Crippen LogP contribution in [0.1, 0.15) is 12.1 Å². The van der Waals surface area contributed by atoms with Crippen molar-refractivity contribution in [3.05, 3.63) is 42.1 Å². The lowest BCUT2D eigenvalue weighted by Gasteiger charge is -2.20. The van der Waals surface area contributed by atoms with Crippen LogP contribution in [0.2, 0.25) is 0 Å². The number of aromatic nitrogens is 1. The molecular weight excluding hydrogens is 284 g/mol. The van der Waals surface area contributed by atoms with Gasteiger partial charge >= 0.3 is 0 Å². The van der Waals surface area contributed by atoms with Crippen molar-refractivity contribution in [1.29, 1.82) is 0 Å². The molecule has 21 heavy (non-hydrogen) atoms. The van der Waals surface area contributed by atoms with Crippen molar-refractivity contribution in [3.63, 3.8) is 0 Å². The van der Waals surface area contributed by atoms with E-state index in [4.69, 9.17) is 0 Å². The number of benzene rings is 1. The minimum atomic E-state index is -0.928. The molecule has 0 aliphatic carbocycles. The van der Waals surface area contributed by atoms with Crippen molar-refractivity contribution in [2.24, 2.45) is 0 Å². The summed E-state index contributed by atoms with van der Waals surface area (Å²) in [4.78, 5) is 18.1. The molecule has 0 saturated carbocycles. The fourth-order valence-electron chi connectivity index (χ4n) is 2.12. The second-order valence-corrected chi connectivity index (χ2v) is 5.97. The first-order valence-corrected chi connectivity index (χ1v) is 8.28. The van der Waals surface area contributed by atoms with Crippen molar-refractivity contribution in [3.8, 4) is 0 Å². The molecule has 2 aromatic rings. The van der Waals surface area contributed by atoms with Crippen LogP contribution in [0.4, 0.5) is 0 Å². The smallest absolute Gasteiger partial charge is 0.251 e. The zero-order valence-electron chi connectivity index (χ0n) is 12.3. The Kier molecular flexibility index (Phi) is 5.59. The molecule has 1 aromatic carbocycles. The number of amides is 1. The summed E-state index contributed by atoms with van der Waals surface area (Å²) in [6, 6.07) is 11.8. The standard InChI is InChI=1S/C16H20N2O2S/c1-18(16(20)15(19)9-10-21-2)11-13-8-7-12-5-3-4-6-14(12)17-13/h3-8,15,19H,9-11H2,1-2H3. The average Bonchev–Trinajstić information content (AvgIpc) is 2.51. The molecule has 1 heterocycles. The summed E-state index contributed by atoms with van der Waals surface area (Å²) < 4.78 is 0. The molecule has 4 nitrogen and oxygen atoms in total. The highest BCUT2D eigenvalue weighted by molar-refractivity contribution is 7.98. The number of nitrogens with zero attached hydrogens (tertiary/aromatic N) is 2. The zero-order valence-corrected chi connectivity index (χ0v) is 13.1. The lowest BCUT2D eigenvalue weighted by Crippen LogP contribution is -2.36. The lowest BCUT2D eigenvalue weighted by atomic mass is 10.2. The van der Waals surface area contributed by atoms with E-state index < -0.39 is 6.10 Å². The maximum Gasteiger partial charge on any atom is 0.251 e. The molecule has 0 aliphatic rings. The Balaban J connectivity index is 2.03. The van der Waals surface area contributed by atoms with Gasteiger partial charge in [0.05, 0.1) is 17.8 Å². The third-order valence-corrected chi connectivity index (χ3v) is 3.96. The number of rotatable bonds is 6. The fraction of sp³-hybridized carbons (Fsp3) is 0.375. The van der Waals surface area contributed by atoms with E-state index >= 15 is 0 Å². The number of aliphatic hydroxyl groups excluding tert-OH is 1. The highest BCUT2D eigenvalue weighted by atomic mass is 32.2. The summed E-state index contributed by atoms with van der Waals surface area (Å²) in [5.74, 6) is 0.522. The van der Waals surface area contributed by atoms with Gasteiger partial charge in [0.2, 0.25) is 0 Å². The van der Waals surface area contributed by atoms with E-state index in [2.05, 4.69) is 4.98 Å². The maximum atomic E-state index is 12.1. The van der Waals surface area contributed by atoms with E-state index in [0.29, 0.717) is 13.0 Å². The predicted octanol–water partition coefficient (Wildman–Crippen LogP) is 2.31. The molecule has 0 bridgehead atoms. The van der Waals surface area contributed by atoms with Crippen molar-refractivity contribution < 1.29 is 9.90 Å². The molecule has 5 heteroatoms. The second kappa shape index (κ2) is 7.43. The molecule has 0 saturated heterocycles. The van der Waals surface area contributed by atoms with Gasteiger partial charge < -0.3 is 10.0 Å². The predicted molar refractivity (Wildman–Crippen MR) is 87.2 cm³/mol. The number of hydrogen-bond acceptors (Lipinski definition) is 4.